The number of hydrogen-bond acceptors (Lipinski definition) is 5. The molecule has 1 N–H and O–H groups in total. The van der Waals surface area contributed by atoms with Gasteiger partial charge in [-0.15, -0.1) is 0 Å². The molecule has 7 nitrogen and oxygen atoms in total. The first kappa shape index (κ1) is 18.5. The van der Waals surface area contributed by atoms with Gasteiger partial charge in [-0.2, -0.15) is 0 Å². The van der Waals surface area contributed by atoms with E-state index in [0.717, 1.165) is 4.90 Å². The van der Waals surface area contributed by atoms with Crippen molar-refractivity contribution in [3.8, 4) is 0 Å². The third-order valence-corrected chi connectivity index (χ3v) is 4.65. The molecule has 7 heteroatoms. The first-order valence-corrected chi connectivity index (χ1v) is 9.07. The number of benzene rings is 1. The molecule has 2 heterocycles. The smallest absolute Gasteiger partial charge is 0.272 e. The molecule has 1 aromatic carbocycles. The number of nitrogens with zero attached hydrogens (tertiary/aromatic N) is 2. The Bertz CT molecular complexity index is 1230. The molecule has 0 bridgehead atoms. The van der Waals surface area contributed by atoms with E-state index in [1.807, 2.05) is 0 Å². The fourth-order valence-corrected chi connectivity index (χ4v) is 3.34. The van der Waals surface area contributed by atoms with E-state index in [2.05, 4.69) is 9.98 Å². The summed E-state index contributed by atoms with van der Waals surface area (Å²) in [6.45, 7) is 1.28. The van der Waals surface area contributed by atoms with Gasteiger partial charge in [0.15, 0.2) is 5.84 Å². The Hall–Kier alpha value is -3.87. The van der Waals surface area contributed by atoms with Crippen LogP contribution in [0.1, 0.15) is 13.3 Å². The van der Waals surface area contributed by atoms with Crippen molar-refractivity contribution in [1.82, 2.24) is 4.98 Å². The van der Waals surface area contributed by atoms with Crippen molar-refractivity contribution in [2.45, 2.75) is 19.4 Å². The Morgan fingerprint density at radius 3 is 2.76 bits per heavy atom. The molecule has 1 amide bonds. The summed E-state index contributed by atoms with van der Waals surface area (Å²) in [6.07, 6.45) is 8.10. The van der Waals surface area contributed by atoms with Crippen molar-refractivity contribution < 1.29 is 14.4 Å². The van der Waals surface area contributed by atoms with E-state index in [1.54, 1.807) is 48.6 Å². The van der Waals surface area contributed by atoms with E-state index >= 15 is 0 Å². The van der Waals surface area contributed by atoms with Gasteiger partial charge in [-0.3, -0.25) is 29.1 Å². The third-order valence-electron chi connectivity index (χ3n) is 4.65. The molecule has 0 fully saturated rings. The SMILES string of the molecule is CC(=O)CC(=O)N(C1=NC2C=CC=CC2=CC1=O)c1cc2ccccc2[nH]c1=O. The second-order valence-corrected chi connectivity index (χ2v) is 6.83. The number of aromatic amines is 1. The molecule has 0 radical (unpaired) electrons. The van der Waals surface area contributed by atoms with Crippen molar-refractivity contribution in [2.75, 3.05) is 4.90 Å². The Labute approximate surface area is 165 Å². The largest absolute Gasteiger partial charge is 0.320 e. The summed E-state index contributed by atoms with van der Waals surface area (Å²) < 4.78 is 0. The number of carbonyl (C=O) groups excluding carboxylic acids is 3. The van der Waals surface area contributed by atoms with Gasteiger partial charge in [0, 0.05) is 10.9 Å². The second-order valence-electron chi connectivity index (χ2n) is 6.83. The zero-order valence-corrected chi connectivity index (χ0v) is 15.6. The number of aromatic nitrogens is 1. The summed E-state index contributed by atoms with van der Waals surface area (Å²) in [7, 11) is 0. The number of amidine groups is 1. The molecule has 0 saturated carbocycles. The minimum atomic E-state index is -0.683. The Kier molecular flexibility index (Phi) is 4.64. The van der Waals surface area contributed by atoms with E-state index in [4.69, 9.17) is 0 Å². The van der Waals surface area contributed by atoms with Gasteiger partial charge in [0.1, 0.15) is 11.5 Å². The molecular formula is C22H17N3O4. The van der Waals surface area contributed by atoms with Gasteiger partial charge in [-0.1, -0.05) is 42.5 Å². The molecule has 144 valence electrons. The summed E-state index contributed by atoms with van der Waals surface area (Å²) in [5.41, 5.74) is 0.700. The fourth-order valence-electron chi connectivity index (χ4n) is 3.34. The van der Waals surface area contributed by atoms with Gasteiger partial charge < -0.3 is 4.98 Å². The maximum atomic E-state index is 12.9. The number of rotatable bonds is 3. The highest BCUT2D eigenvalue weighted by molar-refractivity contribution is 6.52. The summed E-state index contributed by atoms with van der Waals surface area (Å²) in [5.74, 6) is -1.73. The second kappa shape index (κ2) is 7.27. The molecular weight excluding hydrogens is 370 g/mol. The van der Waals surface area contributed by atoms with Crippen LogP contribution in [0.15, 0.2) is 76.1 Å². The molecule has 0 spiro atoms. The fraction of sp³-hybridized carbons (Fsp3) is 0.136. The zero-order chi connectivity index (χ0) is 20.5. The highest BCUT2D eigenvalue weighted by atomic mass is 16.2. The van der Waals surface area contributed by atoms with E-state index in [0.29, 0.717) is 16.5 Å². The first-order valence-electron chi connectivity index (χ1n) is 9.07. The molecule has 1 aliphatic carbocycles. The zero-order valence-electron chi connectivity index (χ0n) is 15.6. The van der Waals surface area contributed by atoms with E-state index in [9.17, 15) is 19.2 Å². The van der Waals surface area contributed by atoms with E-state index < -0.39 is 29.7 Å². The Balaban J connectivity index is 1.87. The van der Waals surface area contributed by atoms with Crippen LogP contribution in [0.4, 0.5) is 5.69 Å². The molecule has 2 aromatic rings. The highest BCUT2D eigenvalue weighted by Crippen LogP contribution is 2.24. The van der Waals surface area contributed by atoms with Gasteiger partial charge >= 0.3 is 0 Å². The van der Waals surface area contributed by atoms with Crippen LogP contribution in [0.2, 0.25) is 0 Å². The van der Waals surface area contributed by atoms with Crippen LogP contribution >= 0.6 is 0 Å². The van der Waals surface area contributed by atoms with E-state index in [1.165, 1.54) is 19.1 Å². The lowest BCUT2D eigenvalue weighted by Gasteiger charge is -2.27. The summed E-state index contributed by atoms with van der Waals surface area (Å²) in [4.78, 5) is 58.1. The average molecular weight is 387 g/mol. The number of hydrogen-bond donors (Lipinski definition) is 1. The normalized spacial score (nSPS) is 17.6. The van der Waals surface area contributed by atoms with Crippen molar-refractivity contribution in [3.63, 3.8) is 0 Å². The van der Waals surface area contributed by atoms with Crippen LogP contribution in [-0.4, -0.2) is 34.3 Å². The minimum absolute atomic E-state index is 0.0470. The molecule has 2 aliphatic rings. The lowest BCUT2D eigenvalue weighted by atomic mass is 9.97. The van der Waals surface area contributed by atoms with Crippen LogP contribution in [0.5, 0.6) is 0 Å². The Morgan fingerprint density at radius 2 is 1.97 bits per heavy atom. The van der Waals surface area contributed by atoms with Crippen molar-refractivity contribution in [2.24, 2.45) is 4.99 Å². The van der Waals surface area contributed by atoms with Crippen molar-refractivity contribution in [1.29, 1.82) is 0 Å². The topological polar surface area (TPSA) is 99.7 Å². The van der Waals surface area contributed by atoms with Crippen molar-refractivity contribution >= 4 is 39.9 Å². The molecule has 1 aliphatic heterocycles. The standard InChI is InChI=1S/C22H17N3O4/c1-13(26)10-20(28)25(18-11-14-6-2-5-9-17(14)24-22(18)29)21-19(27)12-15-7-3-4-8-16(15)23-21/h2-9,11-12,16H,10H2,1H3,(H,24,29). The maximum Gasteiger partial charge on any atom is 0.272 e. The summed E-state index contributed by atoms with van der Waals surface area (Å²) in [6, 6.07) is 8.18. The number of amides is 1. The summed E-state index contributed by atoms with van der Waals surface area (Å²) >= 11 is 0. The monoisotopic (exact) mass is 387 g/mol. The number of nitrogens with one attached hydrogen (secondary N) is 1. The lowest BCUT2D eigenvalue weighted by Crippen LogP contribution is -2.46. The third kappa shape index (κ3) is 3.50. The first-order chi connectivity index (χ1) is 13.9. The predicted octanol–water partition coefficient (Wildman–Crippen LogP) is 2.24. The molecule has 1 atom stereocenters. The number of anilines is 1. The number of pyridine rings is 1. The van der Waals surface area contributed by atoms with Gasteiger partial charge in [0.2, 0.25) is 11.7 Å². The molecule has 29 heavy (non-hydrogen) atoms. The maximum absolute atomic E-state index is 12.9. The number of H-pyrrole nitrogens is 1. The van der Waals surface area contributed by atoms with Gasteiger partial charge in [0.25, 0.3) is 5.56 Å². The van der Waals surface area contributed by atoms with Crippen molar-refractivity contribution in [3.05, 3.63) is 76.6 Å². The van der Waals surface area contributed by atoms with Gasteiger partial charge in [-0.25, -0.2) is 0 Å². The lowest BCUT2D eigenvalue weighted by molar-refractivity contribution is -0.125. The highest BCUT2D eigenvalue weighted by Gasteiger charge is 2.32. The number of allylic oxidation sites excluding steroid dienone is 2. The van der Waals surface area contributed by atoms with Crippen LogP contribution < -0.4 is 10.5 Å². The number of dihydropyridines is 1. The number of Topliss-reactive ketones (excluding diaryl/α,β-unsaturated/α-hetero) is 1. The van der Waals surface area contributed by atoms with Gasteiger partial charge in [-0.05, 0) is 30.7 Å². The molecule has 1 aromatic heterocycles. The Morgan fingerprint density at radius 1 is 1.17 bits per heavy atom. The van der Waals surface area contributed by atoms with Crippen LogP contribution in [0.25, 0.3) is 10.9 Å². The number of para-hydroxylation sites is 1. The van der Waals surface area contributed by atoms with Crippen LogP contribution in [0, 0.1) is 0 Å². The molecule has 1 unspecified atom stereocenters. The number of carbonyl (C=O) groups is 3. The number of fused-ring (bicyclic) bond motifs is 2. The molecule has 4 rings (SSSR count). The minimum Gasteiger partial charge on any atom is -0.320 e. The van der Waals surface area contributed by atoms with Crippen LogP contribution in [0.3, 0.4) is 0 Å². The summed E-state index contributed by atoms with van der Waals surface area (Å²) in [5, 5.41) is 0.684. The average Bonchev–Trinajstić information content (AvgIpc) is 2.68. The van der Waals surface area contributed by atoms with Gasteiger partial charge in [0.05, 0.1) is 12.5 Å². The molecule has 0 saturated heterocycles. The number of ketones is 2. The van der Waals surface area contributed by atoms with E-state index in [-0.39, 0.29) is 17.3 Å². The van der Waals surface area contributed by atoms with Crippen LogP contribution in [-0.2, 0) is 14.4 Å². The quantitative estimate of drug-likeness (QED) is 0.817. The predicted molar refractivity (Wildman–Crippen MR) is 110 cm³/mol. The number of aliphatic imine (C=N–C) groups is 1.